The van der Waals surface area contributed by atoms with Crippen LogP contribution >= 0.6 is 47.0 Å². The second-order valence-electron chi connectivity index (χ2n) is 3.16. The minimum atomic E-state index is 0.0495. The Kier molecular flexibility index (Phi) is 5.93. The van der Waals surface area contributed by atoms with Gasteiger partial charge < -0.3 is 0 Å². The molecule has 0 spiro atoms. The fourth-order valence-electron chi connectivity index (χ4n) is 1.21. The van der Waals surface area contributed by atoms with Gasteiger partial charge in [0.05, 0.1) is 0 Å². The van der Waals surface area contributed by atoms with Crippen LogP contribution in [0.1, 0.15) is 0 Å². The molecule has 2 aliphatic rings. The van der Waals surface area contributed by atoms with Crippen molar-refractivity contribution in [2.75, 3.05) is 0 Å². The van der Waals surface area contributed by atoms with Gasteiger partial charge in [-0.25, -0.2) is 0 Å². The number of rotatable bonds is 2. The van der Waals surface area contributed by atoms with E-state index < -0.39 is 0 Å². The van der Waals surface area contributed by atoms with Crippen molar-refractivity contribution in [2.24, 2.45) is 0 Å². The fraction of sp³-hybridized carbons (Fsp3) is 0. The summed E-state index contributed by atoms with van der Waals surface area (Å²) in [6, 6.07) is 0. The van der Waals surface area contributed by atoms with Crippen molar-refractivity contribution in [3.8, 4) is 0 Å². The van der Waals surface area contributed by atoms with Crippen LogP contribution in [0.4, 0.5) is 0 Å². The van der Waals surface area contributed by atoms with E-state index in [4.69, 9.17) is 0 Å². The first-order chi connectivity index (χ1) is 8.90. The molecule has 1 aromatic rings. The Hall–Kier alpha value is 1.42. The zero-order chi connectivity index (χ0) is 12.2. The summed E-state index contributed by atoms with van der Waals surface area (Å²) in [5, 5.41) is 8.63. The molecule has 0 amide bonds. The van der Waals surface area contributed by atoms with Crippen molar-refractivity contribution in [2.45, 2.75) is 0 Å². The summed E-state index contributed by atoms with van der Waals surface area (Å²) >= 11 is 7.45. The molecule has 0 saturated carbocycles. The van der Waals surface area contributed by atoms with Gasteiger partial charge in [0.25, 0.3) is 0 Å². The van der Waals surface area contributed by atoms with Gasteiger partial charge >= 0.3 is 145 Å². The predicted molar refractivity (Wildman–Crippen MR) is 93.3 cm³/mol. The molecule has 0 saturated heterocycles. The first-order valence-electron chi connectivity index (χ1n) is 5.06. The van der Waals surface area contributed by atoms with Gasteiger partial charge in [0.15, 0.2) is 0 Å². The molecule has 0 fully saturated rings. The van der Waals surface area contributed by atoms with Crippen LogP contribution in [-0.4, -0.2) is 40.9 Å². The summed E-state index contributed by atoms with van der Waals surface area (Å²) in [6.45, 7) is 0. The van der Waals surface area contributed by atoms with Gasteiger partial charge in [-0.05, 0) is 0 Å². The van der Waals surface area contributed by atoms with E-state index >= 15 is 0 Å². The zero-order valence-electron chi connectivity index (χ0n) is 9.07. The Balaban J connectivity index is 1.66. The molecule has 0 radical (unpaired) electrons. The maximum absolute atomic E-state index is 2.40. The van der Waals surface area contributed by atoms with E-state index in [-0.39, 0.29) is 40.9 Å². The fourth-order valence-corrected chi connectivity index (χ4v) is 12.3. The Bertz CT molecular complexity index is 565. The average Bonchev–Trinajstić information content (AvgIpc) is 2.98. The van der Waals surface area contributed by atoms with Crippen LogP contribution in [0.3, 0.4) is 0 Å². The normalized spacial score (nSPS) is 17.6. The van der Waals surface area contributed by atoms with Crippen LogP contribution < -0.4 is 2.50 Å². The topological polar surface area (TPSA) is 0 Å². The molecule has 18 heavy (non-hydrogen) atoms. The minimum absolute atomic E-state index is 0.0495. The summed E-state index contributed by atoms with van der Waals surface area (Å²) in [6.07, 6.45) is 9.42. The SMILES string of the molecule is C1=CSC(=CC=c2[te]c(=CC=C3SC=CS3)[te]2)S1. The molecule has 0 atom stereocenters. The number of thioether (sulfide) groups is 4. The van der Waals surface area contributed by atoms with Crippen LogP contribution in [-0.2, 0) is 0 Å². The van der Waals surface area contributed by atoms with Gasteiger partial charge in [-0.2, -0.15) is 0 Å². The summed E-state index contributed by atoms with van der Waals surface area (Å²) in [5.74, 6) is 0. The van der Waals surface area contributed by atoms with Gasteiger partial charge in [-0.3, -0.25) is 0 Å². The average molecular weight is 536 g/mol. The van der Waals surface area contributed by atoms with Gasteiger partial charge in [-0.15, -0.1) is 0 Å². The Morgan fingerprint density at radius 2 is 1.00 bits per heavy atom. The Labute approximate surface area is 143 Å². The first-order valence-corrected chi connectivity index (χ1v) is 13.2. The molecule has 3 heterocycles. The quantitative estimate of drug-likeness (QED) is 0.534. The monoisotopic (exact) mass is 540 g/mol. The van der Waals surface area contributed by atoms with Crippen LogP contribution in [0.25, 0.3) is 12.2 Å². The maximum atomic E-state index is 2.40. The van der Waals surface area contributed by atoms with Crippen LogP contribution in [0.15, 0.2) is 42.3 Å². The standard InChI is InChI=1S/C12H8S4Te2/c1(9-13-5-6-14-9)3-11-17-12(18-11)4-2-10-15-7-8-16-10/h1-8H. The molecule has 0 nitrogen and oxygen atoms in total. The second kappa shape index (κ2) is 7.43. The third-order valence-corrected chi connectivity index (χ3v) is 16.3. The number of hydrogen-bond donors (Lipinski definition) is 0. The third kappa shape index (κ3) is 4.20. The van der Waals surface area contributed by atoms with E-state index in [0.717, 1.165) is 0 Å². The van der Waals surface area contributed by atoms with E-state index in [2.05, 4.69) is 45.9 Å². The third-order valence-electron chi connectivity index (χ3n) is 1.96. The van der Waals surface area contributed by atoms with Crippen molar-refractivity contribution < 1.29 is 0 Å². The van der Waals surface area contributed by atoms with E-state index in [1.54, 1.807) is 2.50 Å². The number of hydrogen-bond acceptors (Lipinski definition) is 4. The van der Waals surface area contributed by atoms with E-state index in [9.17, 15) is 0 Å². The molecule has 92 valence electrons. The van der Waals surface area contributed by atoms with Gasteiger partial charge in [-0.1, -0.05) is 0 Å². The molecular formula is C12H8S4Te2. The van der Waals surface area contributed by atoms with Crippen molar-refractivity contribution in [3.63, 3.8) is 0 Å². The molecule has 3 rings (SSSR count). The summed E-state index contributed by atoms with van der Waals surface area (Å²) in [4.78, 5) is 0. The molecule has 0 aromatic carbocycles. The first kappa shape index (κ1) is 14.4. The van der Waals surface area contributed by atoms with Crippen molar-refractivity contribution in [3.05, 3.63) is 44.8 Å². The summed E-state index contributed by atoms with van der Waals surface area (Å²) in [7, 11) is 0. The Morgan fingerprint density at radius 3 is 1.39 bits per heavy atom. The molecule has 0 bridgehead atoms. The summed E-state index contributed by atoms with van der Waals surface area (Å²) in [5.41, 5.74) is 0. The molecular weight excluding hydrogens is 528 g/mol. The van der Waals surface area contributed by atoms with Crippen molar-refractivity contribution >= 4 is 100 Å². The van der Waals surface area contributed by atoms with Gasteiger partial charge in [0, 0.05) is 0 Å². The molecule has 0 N–H and O–H groups in total. The van der Waals surface area contributed by atoms with Crippen LogP contribution in [0.2, 0.25) is 0 Å². The molecule has 6 heteroatoms. The molecule has 0 aliphatic carbocycles. The van der Waals surface area contributed by atoms with Crippen molar-refractivity contribution in [1.82, 2.24) is 0 Å². The van der Waals surface area contributed by atoms with E-state index in [1.165, 1.54) is 8.47 Å². The van der Waals surface area contributed by atoms with Crippen LogP contribution in [0.5, 0.6) is 0 Å². The van der Waals surface area contributed by atoms with Gasteiger partial charge in [0.1, 0.15) is 0 Å². The Morgan fingerprint density at radius 1 is 0.611 bits per heavy atom. The summed E-state index contributed by atoms with van der Waals surface area (Å²) < 4.78 is 6.46. The van der Waals surface area contributed by atoms with Crippen LogP contribution in [0, 0.1) is 0 Å². The zero-order valence-corrected chi connectivity index (χ0v) is 17.0. The molecule has 2 aliphatic heterocycles. The molecule has 1 aromatic heterocycles. The molecule has 0 unspecified atom stereocenters. The van der Waals surface area contributed by atoms with E-state index in [1.807, 2.05) is 47.0 Å². The van der Waals surface area contributed by atoms with Crippen molar-refractivity contribution in [1.29, 1.82) is 0 Å². The van der Waals surface area contributed by atoms with E-state index in [0.29, 0.717) is 0 Å². The van der Waals surface area contributed by atoms with Gasteiger partial charge in [0.2, 0.25) is 0 Å². The number of allylic oxidation sites excluding steroid dienone is 2. The predicted octanol–water partition coefficient (Wildman–Crippen LogP) is 2.95. The second-order valence-corrected chi connectivity index (χ2v) is 18.7.